The Morgan fingerprint density at radius 1 is 0.778 bits per heavy atom. The molecule has 5 aromatic rings. The van der Waals surface area contributed by atoms with Crippen LogP contribution in [0, 0.1) is 17.5 Å². The highest BCUT2D eigenvalue weighted by Gasteiger charge is 2.17. The van der Waals surface area contributed by atoms with E-state index < -0.39 is 29.3 Å². The number of carbonyl (C=O) groups is 2. The van der Waals surface area contributed by atoms with Gasteiger partial charge in [-0.1, -0.05) is 25.3 Å². The van der Waals surface area contributed by atoms with E-state index >= 15 is 0 Å². The van der Waals surface area contributed by atoms with Crippen molar-refractivity contribution in [2.75, 3.05) is 5.32 Å². The fourth-order valence-electron chi connectivity index (χ4n) is 5.52. The summed E-state index contributed by atoms with van der Waals surface area (Å²) in [5, 5.41) is 8.73. The number of amides is 2. The molecule has 6 rings (SSSR count). The Morgan fingerprint density at radius 2 is 1.60 bits per heavy atom. The molecular weight excluding hydrogens is 581 g/mol. The number of hydrogen-bond acceptors (Lipinski definition) is 5. The van der Waals surface area contributed by atoms with Gasteiger partial charge in [-0.05, 0) is 78.1 Å². The molecule has 3 N–H and O–H groups in total. The van der Waals surface area contributed by atoms with Gasteiger partial charge in [-0.2, -0.15) is 0 Å². The Labute approximate surface area is 257 Å². The second-order valence-electron chi connectivity index (χ2n) is 11.2. The van der Waals surface area contributed by atoms with Gasteiger partial charge in [-0.25, -0.2) is 18.2 Å². The van der Waals surface area contributed by atoms with Crippen LogP contribution in [0.2, 0.25) is 0 Å². The molecule has 3 heterocycles. The highest BCUT2D eigenvalue weighted by Crippen LogP contribution is 2.24. The van der Waals surface area contributed by atoms with Crippen LogP contribution in [0.25, 0.3) is 16.8 Å². The normalized spacial score (nSPS) is 13.6. The number of hydrogen-bond donors (Lipinski definition) is 3. The van der Waals surface area contributed by atoms with Crippen molar-refractivity contribution < 1.29 is 22.8 Å². The van der Waals surface area contributed by atoms with Crippen LogP contribution in [0.1, 0.15) is 64.1 Å². The summed E-state index contributed by atoms with van der Waals surface area (Å²) in [6.07, 6.45) is 13.0. The third kappa shape index (κ3) is 7.04. The van der Waals surface area contributed by atoms with Crippen molar-refractivity contribution in [2.45, 2.75) is 51.2 Å². The van der Waals surface area contributed by atoms with Crippen LogP contribution < -0.4 is 16.0 Å². The Kier molecular flexibility index (Phi) is 8.88. The molecule has 0 spiro atoms. The minimum Gasteiger partial charge on any atom is -0.348 e. The molecule has 3 aromatic heterocycles. The molecule has 0 atom stereocenters. The number of halogens is 3. The Balaban J connectivity index is 1.13. The summed E-state index contributed by atoms with van der Waals surface area (Å²) in [6, 6.07) is 13.2. The number of rotatable bonds is 9. The number of aromatic nitrogens is 3. The molecular formula is C34H31F3N6O2. The van der Waals surface area contributed by atoms with Crippen molar-refractivity contribution in [2.24, 2.45) is 0 Å². The van der Waals surface area contributed by atoms with Crippen molar-refractivity contribution in [1.29, 1.82) is 0 Å². The number of nitrogens with one attached hydrogen (secondary N) is 3. The lowest BCUT2D eigenvalue weighted by molar-refractivity contribution is 0.0949. The van der Waals surface area contributed by atoms with Gasteiger partial charge in [0.15, 0.2) is 11.6 Å². The lowest BCUT2D eigenvalue weighted by Gasteiger charge is -2.22. The molecule has 1 fully saturated rings. The van der Waals surface area contributed by atoms with E-state index in [1.165, 1.54) is 56.5 Å². The summed E-state index contributed by atoms with van der Waals surface area (Å²) in [7, 11) is 0. The number of benzene rings is 2. The maximum absolute atomic E-state index is 14.7. The van der Waals surface area contributed by atoms with Gasteiger partial charge in [0.05, 0.1) is 11.9 Å². The van der Waals surface area contributed by atoms with E-state index in [2.05, 4.69) is 32.0 Å². The standard InChI is InChI=1S/C34H31F3N6O2/c35-27-8-6-21(13-29(27)37)17-41-33(44)24-7-9-28(36)30(14-24)42-34(45)31-20-40-32-15-23(10-11-43(31)32)25-12-22(16-38-19-25)18-39-26-4-2-1-3-5-26/h6-16,19-20,26,39H,1-5,17-18H2,(H,41,44)(H,42,45). The van der Waals surface area contributed by atoms with E-state index in [0.717, 1.165) is 41.4 Å². The van der Waals surface area contributed by atoms with E-state index in [9.17, 15) is 22.8 Å². The minimum absolute atomic E-state index is 0.0712. The molecule has 0 bridgehead atoms. The lowest BCUT2D eigenvalue weighted by Crippen LogP contribution is -2.30. The Morgan fingerprint density at radius 3 is 2.42 bits per heavy atom. The fraction of sp³-hybridized carbons (Fsp3) is 0.235. The van der Waals surface area contributed by atoms with Crippen LogP contribution >= 0.6 is 0 Å². The lowest BCUT2D eigenvalue weighted by atomic mass is 9.95. The first-order chi connectivity index (χ1) is 21.8. The SMILES string of the molecule is O=C(NCc1ccc(F)c(F)c1)c1ccc(F)c(NC(=O)c2cnc3cc(-c4cncc(CNC5CCCCC5)c4)ccn23)c1. The highest BCUT2D eigenvalue weighted by molar-refractivity contribution is 6.04. The fourth-order valence-corrected chi connectivity index (χ4v) is 5.52. The van der Waals surface area contributed by atoms with Gasteiger partial charge >= 0.3 is 0 Å². The van der Waals surface area contributed by atoms with Gasteiger partial charge in [0.1, 0.15) is 17.2 Å². The topological polar surface area (TPSA) is 100 Å². The molecule has 0 radical (unpaired) electrons. The monoisotopic (exact) mass is 612 g/mol. The quantitative estimate of drug-likeness (QED) is 0.179. The predicted molar refractivity (Wildman–Crippen MR) is 164 cm³/mol. The van der Waals surface area contributed by atoms with Crippen molar-refractivity contribution in [3.05, 3.63) is 119 Å². The molecule has 45 heavy (non-hydrogen) atoms. The van der Waals surface area contributed by atoms with Gasteiger partial charge in [-0.3, -0.25) is 19.0 Å². The molecule has 1 saturated carbocycles. The van der Waals surface area contributed by atoms with Gasteiger partial charge in [0, 0.05) is 48.8 Å². The van der Waals surface area contributed by atoms with Crippen molar-refractivity contribution in [3.63, 3.8) is 0 Å². The first-order valence-electron chi connectivity index (χ1n) is 14.8. The van der Waals surface area contributed by atoms with E-state index in [4.69, 9.17) is 0 Å². The Hall–Kier alpha value is -5.03. The first-order valence-corrected chi connectivity index (χ1v) is 14.8. The summed E-state index contributed by atoms with van der Waals surface area (Å²) >= 11 is 0. The van der Waals surface area contributed by atoms with Crippen LogP contribution in [0.4, 0.5) is 18.9 Å². The number of anilines is 1. The number of pyridine rings is 2. The molecule has 2 amide bonds. The van der Waals surface area contributed by atoms with E-state index in [1.54, 1.807) is 16.8 Å². The second-order valence-corrected chi connectivity index (χ2v) is 11.2. The second kappa shape index (κ2) is 13.3. The summed E-state index contributed by atoms with van der Waals surface area (Å²) in [6.45, 7) is 0.672. The number of carbonyl (C=O) groups excluding carboxylic acids is 2. The molecule has 1 aliphatic rings. The average Bonchev–Trinajstić information content (AvgIpc) is 3.49. The van der Waals surface area contributed by atoms with E-state index in [1.807, 2.05) is 18.3 Å². The van der Waals surface area contributed by atoms with Gasteiger partial charge in [0.25, 0.3) is 11.8 Å². The van der Waals surface area contributed by atoms with Crippen molar-refractivity contribution in [1.82, 2.24) is 25.0 Å². The van der Waals surface area contributed by atoms with Crippen LogP contribution in [0.15, 0.2) is 79.4 Å². The minimum atomic E-state index is -1.03. The van der Waals surface area contributed by atoms with E-state index in [0.29, 0.717) is 17.3 Å². The maximum atomic E-state index is 14.7. The maximum Gasteiger partial charge on any atom is 0.274 e. The van der Waals surface area contributed by atoms with Crippen LogP contribution in [-0.4, -0.2) is 32.2 Å². The van der Waals surface area contributed by atoms with E-state index in [-0.39, 0.29) is 23.5 Å². The third-order valence-corrected chi connectivity index (χ3v) is 7.99. The average molecular weight is 613 g/mol. The molecule has 0 saturated heterocycles. The van der Waals surface area contributed by atoms with Crippen molar-refractivity contribution in [3.8, 4) is 11.1 Å². The summed E-state index contributed by atoms with van der Waals surface area (Å²) in [5.74, 6) is -3.95. The number of imidazole rings is 1. The first kappa shape index (κ1) is 30.0. The zero-order valence-corrected chi connectivity index (χ0v) is 24.3. The largest absolute Gasteiger partial charge is 0.348 e. The summed E-state index contributed by atoms with van der Waals surface area (Å²) in [4.78, 5) is 34.6. The highest BCUT2D eigenvalue weighted by atomic mass is 19.2. The molecule has 2 aromatic carbocycles. The smallest absolute Gasteiger partial charge is 0.274 e. The molecule has 11 heteroatoms. The summed E-state index contributed by atoms with van der Waals surface area (Å²) < 4.78 is 42.9. The number of nitrogens with zero attached hydrogens (tertiary/aromatic N) is 3. The zero-order chi connectivity index (χ0) is 31.3. The summed E-state index contributed by atoms with van der Waals surface area (Å²) in [5.41, 5.74) is 3.82. The molecule has 8 nitrogen and oxygen atoms in total. The molecule has 1 aliphatic carbocycles. The zero-order valence-electron chi connectivity index (χ0n) is 24.3. The number of fused-ring (bicyclic) bond motifs is 1. The third-order valence-electron chi connectivity index (χ3n) is 7.99. The van der Waals surface area contributed by atoms with Crippen molar-refractivity contribution >= 4 is 23.1 Å². The van der Waals surface area contributed by atoms with Gasteiger partial charge in [0.2, 0.25) is 0 Å². The van der Waals surface area contributed by atoms with Gasteiger partial charge in [-0.15, -0.1) is 0 Å². The van der Waals surface area contributed by atoms with Crippen LogP contribution in [0.3, 0.4) is 0 Å². The van der Waals surface area contributed by atoms with Gasteiger partial charge < -0.3 is 16.0 Å². The predicted octanol–water partition coefficient (Wildman–Crippen LogP) is 6.42. The Bertz CT molecular complexity index is 1870. The molecule has 230 valence electrons. The van der Waals surface area contributed by atoms with Crippen LogP contribution in [0.5, 0.6) is 0 Å². The molecule has 0 aliphatic heterocycles. The van der Waals surface area contributed by atoms with Crippen LogP contribution in [-0.2, 0) is 13.1 Å². The molecule has 0 unspecified atom stereocenters.